The van der Waals surface area contributed by atoms with E-state index in [0.29, 0.717) is 5.38 Å². The highest BCUT2D eigenvalue weighted by Gasteiger charge is 2.37. The molecule has 2 rings (SSSR count). The first-order valence-electron chi connectivity index (χ1n) is 4.80. The summed E-state index contributed by atoms with van der Waals surface area (Å²) in [5.74, 6) is 0. The lowest BCUT2D eigenvalue weighted by atomic mass is 9.85. The summed E-state index contributed by atoms with van der Waals surface area (Å²) >= 11 is 6.14. The summed E-state index contributed by atoms with van der Waals surface area (Å²) in [6, 6.07) is 0. The molecule has 0 amide bonds. The summed E-state index contributed by atoms with van der Waals surface area (Å²) in [7, 11) is 0. The lowest BCUT2D eigenvalue weighted by Gasteiger charge is -2.42. The topological polar surface area (TPSA) is 21.3 Å². The van der Waals surface area contributed by atoms with Crippen LogP contribution in [0.2, 0.25) is 0 Å². The molecule has 2 aliphatic heterocycles. The third kappa shape index (κ3) is 1.76. The van der Waals surface area contributed by atoms with Crippen LogP contribution in [0.3, 0.4) is 0 Å². The van der Waals surface area contributed by atoms with E-state index in [1.165, 1.54) is 0 Å². The van der Waals surface area contributed by atoms with Crippen LogP contribution < -0.4 is 5.32 Å². The van der Waals surface area contributed by atoms with Gasteiger partial charge < -0.3 is 10.1 Å². The maximum absolute atomic E-state index is 6.14. The van der Waals surface area contributed by atoms with Gasteiger partial charge in [-0.1, -0.05) is 0 Å². The molecule has 2 aliphatic rings. The van der Waals surface area contributed by atoms with Crippen LogP contribution in [0.1, 0.15) is 25.7 Å². The molecule has 0 aliphatic carbocycles. The lowest BCUT2D eigenvalue weighted by molar-refractivity contribution is -0.0936. The van der Waals surface area contributed by atoms with E-state index in [0.717, 1.165) is 45.4 Å². The first-order valence-corrected chi connectivity index (χ1v) is 5.23. The van der Waals surface area contributed by atoms with Crippen molar-refractivity contribution in [3.05, 3.63) is 0 Å². The number of hydrogen-bond donors (Lipinski definition) is 1. The molecule has 70 valence electrons. The smallest absolute Gasteiger partial charge is 0.0720 e. The van der Waals surface area contributed by atoms with E-state index in [9.17, 15) is 0 Å². The minimum absolute atomic E-state index is 0.135. The maximum atomic E-state index is 6.14. The Morgan fingerprint density at radius 1 is 1.33 bits per heavy atom. The molecule has 0 aromatic heterocycles. The van der Waals surface area contributed by atoms with Crippen molar-refractivity contribution in [3.8, 4) is 0 Å². The average Bonchev–Trinajstić information content (AvgIpc) is 2.05. The number of nitrogens with one attached hydrogen (secondary N) is 1. The SMILES string of the molecule is ClC1CCOC2(CCNCC2)C1. The number of halogens is 1. The molecule has 12 heavy (non-hydrogen) atoms. The van der Waals surface area contributed by atoms with Gasteiger partial charge >= 0.3 is 0 Å². The van der Waals surface area contributed by atoms with Crippen molar-refractivity contribution in [2.45, 2.75) is 36.7 Å². The Hall–Kier alpha value is 0.210. The van der Waals surface area contributed by atoms with Gasteiger partial charge in [0, 0.05) is 12.0 Å². The Bertz CT molecular complexity index is 151. The molecule has 0 aromatic rings. The standard InChI is InChI=1S/C9H16ClNO/c10-8-1-6-12-9(7-8)2-4-11-5-3-9/h8,11H,1-7H2. The second kappa shape index (κ2) is 3.52. The van der Waals surface area contributed by atoms with Crippen LogP contribution in [0.4, 0.5) is 0 Å². The third-order valence-electron chi connectivity index (χ3n) is 2.95. The predicted molar refractivity (Wildman–Crippen MR) is 49.7 cm³/mol. The van der Waals surface area contributed by atoms with Gasteiger partial charge in [0.15, 0.2) is 0 Å². The van der Waals surface area contributed by atoms with Crippen molar-refractivity contribution in [3.63, 3.8) is 0 Å². The monoisotopic (exact) mass is 189 g/mol. The quantitative estimate of drug-likeness (QED) is 0.584. The lowest BCUT2D eigenvalue weighted by Crippen LogP contribution is -2.48. The Labute approximate surface area is 78.6 Å². The predicted octanol–water partition coefficient (Wildman–Crippen LogP) is 1.53. The van der Waals surface area contributed by atoms with Crippen LogP contribution in [0.25, 0.3) is 0 Å². The van der Waals surface area contributed by atoms with Gasteiger partial charge in [-0.2, -0.15) is 0 Å². The third-order valence-corrected chi connectivity index (χ3v) is 3.32. The van der Waals surface area contributed by atoms with Gasteiger partial charge in [0.1, 0.15) is 0 Å². The normalized spacial score (nSPS) is 35.2. The zero-order valence-corrected chi connectivity index (χ0v) is 8.07. The van der Waals surface area contributed by atoms with Gasteiger partial charge in [-0.05, 0) is 38.8 Å². The minimum Gasteiger partial charge on any atom is -0.375 e. The van der Waals surface area contributed by atoms with Crippen LogP contribution >= 0.6 is 11.6 Å². The van der Waals surface area contributed by atoms with E-state index >= 15 is 0 Å². The van der Waals surface area contributed by atoms with Crippen molar-refractivity contribution in [1.29, 1.82) is 0 Å². The molecule has 0 bridgehead atoms. The van der Waals surface area contributed by atoms with E-state index in [-0.39, 0.29) is 5.60 Å². The molecule has 1 N–H and O–H groups in total. The van der Waals surface area contributed by atoms with Gasteiger partial charge in [-0.15, -0.1) is 11.6 Å². The molecule has 1 spiro atoms. The fraction of sp³-hybridized carbons (Fsp3) is 1.00. The van der Waals surface area contributed by atoms with Crippen LogP contribution in [-0.2, 0) is 4.74 Å². The second-order valence-corrected chi connectivity index (χ2v) is 4.49. The molecular formula is C9H16ClNO. The van der Waals surface area contributed by atoms with Crippen molar-refractivity contribution >= 4 is 11.6 Å². The van der Waals surface area contributed by atoms with Gasteiger partial charge in [-0.3, -0.25) is 0 Å². The van der Waals surface area contributed by atoms with Crippen molar-refractivity contribution in [2.75, 3.05) is 19.7 Å². The zero-order valence-electron chi connectivity index (χ0n) is 7.31. The molecule has 2 saturated heterocycles. The minimum atomic E-state index is 0.135. The first-order chi connectivity index (χ1) is 5.81. The summed E-state index contributed by atoms with van der Waals surface area (Å²) < 4.78 is 5.85. The molecule has 0 saturated carbocycles. The van der Waals surface area contributed by atoms with Gasteiger partial charge in [-0.25, -0.2) is 0 Å². The summed E-state index contributed by atoms with van der Waals surface area (Å²) in [6.45, 7) is 3.03. The Morgan fingerprint density at radius 3 is 2.75 bits per heavy atom. The van der Waals surface area contributed by atoms with E-state index in [2.05, 4.69) is 5.32 Å². The van der Waals surface area contributed by atoms with Gasteiger partial charge in [0.2, 0.25) is 0 Å². The van der Waals surface area contributed by atoms with Crippen molar-refractivity contribution in [1.82, 2.24) is 5.32 Å². The number of piperidine rings is 1. The molecule has 2 nitrogen and oxygen atoms in total. The Balaban J connectivity index is 1.97. The molecule has 3 heteroatoms. The highest BCUT2D eigenvalue weighted by Crippen LogP contribution is 2.34. The van der Waals surface area contributed by atoms with Crippen LogP contribution in [0, 0.1) is 0 Å². The molecule has 1 atom stereocenters. The van der Waals surface area contributed by atoms with Crippen molar-refractivity contribution in [2.24, 2.45) is 0 Å². The van der Waals surface area contributed by atoms with Crippen LogP contribution in [-0.4, -0.2) is 30.7 Å². The second-order valence-electron chi connectivity index (χ2n) is 3.87. The fourth-order valence-corrected chi connectivity index (χ4v) is 2.57. The number of hydrogen-bond acceptors (Lipinski definition) is 2. The highest BCUT2D eigenvalue weighted by atomic mass is 35.5. The first kappa shape index (κ1) is 8.79. The van der Waals surface area contributed by atoms with E-state index in [4.69, 9.17) is 16.3 Å². The van der Waals surface area contributed by atoms with Gasteiger partial charge in [0.25, 0.3) is 0 Å². The molecular weight excluding hydrogens is 174 g/mol. The van der Waals surface area contributed by atoms with E-state index in [1.54, 1.807) is 0 Å². The molecule has 2 heterocycles. The zero-order chi connectivity index (χ0) is 8.44. The average molecular weight is 190 g/mol. The summed E-state index contributed by atoms with van der Waals surface area (Å²) in [4.78, 5) is 0. The Morgan fingerprint density at radius 2 is 2.08 bits per heavy atom. The van der Waals surface area contributed by atoms with E-state index in [1.807, 2.05) is 0 Å². The Kier molecular flexibility index (Phi) is 2.58. The molecule has 0 radical (unpaired) electrons. The number of alkyl halides is 1. The highest BCUT2D eigenvalue weighted by molar-refractivity contribution is 6.20. The summed E-state index contributed by atoms with van der Waals surface area (Å²) in [6.07, 6.45) is 4.35. The van der Waals surface area contributed by atoms with Gasteiger partial charge in [0.05, 0.1) is 5.60 Å². The summed E-state index contributed by atoms with van der Waals surface area (Å²) in [5.41, 5.74) is 0.135. The molecule has 2 fully saturated rings. The summed E-state index contributed by atoms with van der Waals surface area (Å²) in [5, 5.41) is 3.69. The fourth-order valence-electron chi connectivity index (χ4n) is 2.20. The number of ether oxygens (including phenoxy) is 1. The largest absolute Gasteiger partial charge is 0.375 e. The van der Waals surface area contributed by atoms with E-state index < -0.39 is 0 Å². The molecule has 0 aromatic carbocycles. The van der Waals surface area contributed by atoms with Crippen LogP contribution in [0.15, 0.2) is 0 Å². The maximum Gasteiger partial charge on any atom is 0.0720 e. The number of rotatable bonds is 0. The van der Waals surface area contributed by atoms with Crippen molar-refractivity contribution < 1.29 is 4.74 Å². The van der Waals surface area contributed by atoms with Crippen LogP contribution in [0.5, 0.6) is 0 Å². The molecule has 1 unspecified atom stereocenters.